The number of carboxylic acids is 1. The van der Waals surface area contributed by atoms with Crippen molar-refractivity contribution in [3.8, 4) is 11.5 Å². The highest BCUT2D eigenvalue weighted by Gasteiger charge is 2.16. The van der Waals surface area contributed by atoms with Gasteiger partial charge in [-0.1, -0.05) is 45.7 Å². The lowest BCUT2D eigenvalue weighted by Crippen LogP contribution is -2.07. The van der Waals surface area contributed by atoms with Crippen LogP contribution in [0.25, 0.3) is 0 Å². The molecule has 0 amide bonds. The van der Waals surface area contributed by atoms with Crippen molar-refractivity contribution >= 4 is 39.2 Å². The van der Waals surface area contributed by atoms with Gasteiger partial charge in [0, 0.05) is 27.8 Å². The minimum absolute atomic E-state index is 0.00222. The second-order valence-electron chi connectivity index (χ2n) is 6.29. The van der Waals surface area contributed by atoms with Crippen molar-refractivity contribution in [2.24, 2.45) is 0 Å². The Morgan fingerprint density at radius 2 is 1.97 bits per heavy atom. The fourth-order valence-electron chi connectivity index (χ4n) is 2.82. The third-order valence-corrected chi connectivity index (χ3v) is 5.46. The molecule has 3 aromatic carbocycles. The number of aromatic carboxylic acids is 1. The van der Waals surface area contributed by atoms with Crippen LogP contribution in [0.1, 0.15) is 21.5 Å². The minimum atomic E-state index is -1.11. The third kappa shape index (κ3) is 5.04. The topological polar surface area (TPSA) is 67.8 Å². The average molecular weight is 495 g/mol. The summed E-state index contributed by atoms with van der Waals surface area (Å²) in [4.78, 5) is 11.3. The lowest BCUT2D eigenvalue weighted by atomic mass is 10.1. The lowest BCUT2D eigenvalue weighted by molar-refractivity contribution is 0.0697. The molecule has 30 heavy (non-hydrogen) atoms. The summed E-state index contributed by atoms with van der Waals surface area (Å²) in [6.07, 6.45) is 0. The number of ether oxygens (including phenoxy) is 2. The summed E-state index contributed by atoms with van der Waals surface area (Å²) in [5.74, 6) is -0.516. The first-order chi connectivity index (χ1) is 14.4. The van der Waals surface area contributed by atoms with Gasteiger partial charge in [0.1, 0.15) is 12.4 Å². The van der Waals surface area contributed by atoms with Crippen LogP contribution in [0.3, 0.4) is 0 Å². The molecule has 0 aliphatic rings. The first-order valence-electron chi connectivity index (χ1n) is 8.89. The van der Waals surface area contributed by atoms with E-state index in [-0.39, 0.29) is 23.0 Å². The zero-order chi connectivity index (χ0) is 21.7. The van der Waals surface area contributed by atoms with Crippen LogP contribution in [0.15, 0.2) is 59.1 Å². The molecular formula is C22H18BrClFNO4. The van der Waals surface area contributed by atoms with Gasteiger partial charge in [0.2, 0.25) is 0 Å². The zero-order valence-corrected chi connectivity index (χ0v) is 18.3. The molecule has 0 radical (unpaired) electrons. The molecule has 5 nitrogen and oxygen atoms in total. The van der Waals surface area contributed by atoms with Crippen LogP contribution in [-0.4, -0.2) is 18.2 Å². The number of carbonyl (C=O) groups is 1. The summed E-state index contributed by atoms with van der Waals surface area (Å²) in [6, 6.07) is 14.6. The van der Waals surface area contributed by atoms with Gasteiger partial charge in [-0.05, 0) is 36.4 Å². The van der Waals surface area contributed by atoms with Gasteiger partial charge in [-0.2, -0.15) is 0 Å². The average Bonchev–Trinajstić information content (AvgIpc) is 2.73. The fourth-order valence-corrected chi connectivity index (χ4v) is 3.47. The van der Waals surface area contributed by atoms with Gasteiger partial charge in [0.15, 0.2) is 11.5 Å². The van der Waals surface area contributed by atoms with E-state index in [1.807, 2.05) is 6.07 Å². The number of carboxylic acid groups (broad SMARTS) is 1. The van der Waals surface area contributed by atoms with Gasteiger partial charge in [-0.25, -0.2) is 9.18 Å². The predicted octanol–water partition coefficient (Wildman–Crippen LogP) is 6.14. The Morgan fingerprint density at radius 1 is 1.20 bits per heavy atom. The molecule has 0 aliphatic heterocycles. The molecule has 0 bridgehead atoms. The first-order valence-corrected chi connectivity index (χ1v) is 10.1. The smallest absolute Gasteiger partial charge is 0.337 e. The van der Waals surface area contributed by atoms with Crippen LogP contribution < -0.4 is 14.8 Å². The van der Waals surface area contributed by atoms with Gasteiger partial charge >= 0.3 is 5.97 Å². The second kappa shape index (κ2) is 9.82. The van der Waals surface area contributed by atoms with Crippen LogP contribution in [-0.2, 0) is 13.2 Å². The van der Waals surface area contributed by atoms with Gasteiger partial charge in [-0.3, -0.25) is 0 Å². The largest absolute Gasteiger partial charge is 0.493 e. The molecule has 3 aromatic rings. The van der Waals surface area contributed by atoms with Crippen LogP contribution in [0.5, 0.6) is 11.5 Å². The van der Waals surface area contributed by atoms with E-state index in [1.54, 1.807) is 30.3 Å². The molecule has 0 fully saturated rings. The van der Waals surface area contributed by atoms with E-state index in [0.717, 1.165) is 10.0 Å². The molecule has 0 saturated carbocycles. The molecule has 0 spiro atoms. The van der Waals surface area contributed by atoms with Crippen molar-refractivity contribution in [1.29, 1.82) is 0 Å². The first kappa shape index (κ1) is 21.9. The number of nitrogens with one attached hydrogen (secondary N) is 1. The van der Waals surface area contributed by atoms with E-state index >= 15 is 0 Å². The van der Waals surface area contributed by atoms with E-state index in [9.17, 15) is 14.3 Å². The summed E-state index contributed by atoms with van der Waals surface area (Å²) >= 11 is 9.44. The summed E-state index contributed by atoms with van der Waals surface area (Å²) in [6.45, 7) is 0.321. The van der Waals surface area contributed by atoms with Crippen LogP contribution in [0, 0.1) is 5.82 Å². The Morgan fingerprint density at radius 3 is 2.67 bits per heavy atom. The van der Waals surface area contributed by atoms with E-state index in [2.05, 4.69) is 21.2 Å². The number of rotatable bonds is 8. The normalized spacial score (nSPS) is 10.5. The predicted molar refractivity (Wildman–Crippen MR) is 117 cm³/mol. The lowest BCUT2D eigenvalue weighted by Gasteiger charge is -2.18. The Hall–Kier alpha value is -2.77. The molecule has 156 valence electrons. The van der Waals surface area contributed by atoms with Crippen molar-refractivity contribution < 1.29 is 23.8 Å². The Bertz CT molecular complexity index is 1080. The zero-order valence-electron chi connectivity index (χ0n) is 15.9. The van der Waals surface area contributed by atoms with Gasteiger partial charge in [0.25, 0.3) is 0 Å². The van der Waals surface area contributed by atoms with E-state index in [4.69, 9.17) is 21.1 Å². The number of hydrogen-bond acceptors (Lipinski definition) is 4. The summed E-state index contributed by atoms with van der Waals surface area (Å²) < 4.78 is 26.1. The maximum absolute atomic E-state index is 14.0. The van der Waals surface area contributed by atoms with E-state index < -0.39 is 5.97 Å². The van der Waals surface area contributed by atoms with E-state index in [1.165, 1.54) is 25.3 Å². The number of benzene rings is 3. The summed E-state index contributed by atoms with van der Waals surface area (Å²) in [5, 5.41) is 12.6. The molecule has 0 aromatic heterocycles. The molecule has 0 unspecified atom stereocenters. The molecule has 0 aliphatic carbocycles. The van der Waals surface area contributed by atoms with Crippen molar-refractivity contribution in [3.05, 3.63) is 86.6 Å². The van der Waals surface area contributed by atoms with Crippen molar-refractivity contribution in [1.82, 2.24) is 0 Å². The third-order valence-electron chi connectivity index (χ3n) is 4.38. The molecule has 3 rings (SSSR count). The highest BCUT2D eigenvalue weighted by molar-refractivity contribution is 9.10. The molecule has 2 N–H and O–H groups in total. The van der Waals surface area contributed by atoms with Crippen LogP contribution >= 0.6 is 27.5 Å². The molecule has 0 heterocycles. The second-order valence-corrected chi connectivity index (χ2v) is 7.55. The van der Waals surface area contributed by atoms with Gasteiger partial charge in [-0.15, -0.1) is 0 Å². The molecule has 0 atom stereocenters. The minimum Gasteiger partial charge on any atom is -0.493 e. The number of methoxy groups -OCH3 is 1. The highest BCUT2D eigenvalue weighted by atomic mass is 79.9. The number of hydrogen-bond donors (Lipinski definition) is 2. The quantitative estimate of drug-likeness (QED) is 0.394. The Kier molecular flexibility index (Phi) is 7.18. The number of halogens is 3. The standard InChI is InChI=1S/C22H18BrClFNO4/c1-29-20-9-7-17(23)16(21(20)30-12-13-4-2-3-5-19(13)25)11-26-14-6-8-18(24)15(10-14)22(27)28/h2-10,26H,11-12H2,1H3,(H,27,28). The maximum atomic E-state index is 14.0. The van der Waals surface area contributed by atoms with Crippen molar-refractivity contribution in [3.63, 3.8) is 0 Å². The fraction of sp³-hybridized carbons (Fsp3) is 0.136. The molecule has 8 heteroatoms. The highest BCUT2D eigenvalue weighted by Crippen LogP contribution is 2.37. The molecule has 0 saturated heterocycles. The van der Waals surface area contributed by atoms with Crippen molar-refractivity contribution in [2.45, 2.75) is 13.2 Å². The SMILES string of the molecule is COc1ccc(Br)c(CNc2ccc(Cl)c(C(=O)O)c2)c1OCc1ccccc1F. The maximum Gasteiger partial charge on any atom is 0.337 e. The summed E-state index contributed by atoms with van der Waals surface area (Å²) in [5.41, 5.74) is 1.73. The van der Waals surface area contributed by atoms with Gasteiger partial charge in [0.05, 0.1) is 17.7 Å². The monoisotopic (exact) mass is 493 g/mol. The summed E-state index contributed by atoms with van der Waals surface area (Å²) in [7, 11) is 1.52. The van der Waals surface area contributed by atoms with Crippen LogP contribution in [0.4, 0.5) is 10.1 Å². The van der Waals surface area contributed by atoms with Crippen molar-refractivity contribution in [2.75, 3.05) is 12.4 Å². The number of anilines is 1. The Balaban J connectivity index is 1.86. The van der Waals surface area contributed by atoms with E-state index in [0.29, 0.717) is 29.3 Å². The Labute approximate surface area is 186 Å². The molecular weight excluding hydrogens is 477 g/mol. The van der Waals surface area contributed by atoms with Crippen LogP contribution in [0.2, 0.25) is 5.02 Å². The van der Waals surface area contributed by atoms with Gasteiger partial charge < -0.3 is 19.9 Å².